The average Bonchev–Trinajstić information content (AvgIpc) is 3.29. The van der Waals surface area contributed by atoms with E-state index in [0.717, 1.165) is 43.6 Å². The van der Waals surface area contributed by atoms with Crippen LogP contribution in [0.3, 0.4) is 0 Å². The fourth-order valence-corrected chi connectivity index (χ4v) is 2.74. The van der Waals surface area contributed by atoms with E-state index >= 15 is 0 Å². The fourth-order valence-electron chi connectivity index (χ4n) is 2.74. The van der Waals surface area contributed by atoms with E-state index in [1.165, 1.54) is 31.2 Å². The van der Waals surface area contributed by atoms with Crippen LogP contribution >= 0.6 is 0 Å². The van der Waals surface area contributed by atoms with Crippen molar-refractivity contribution in [3.8, 4) is 11.5 Å². The van der Waals surface area contributed by atoms with Crippen LogP contribution in [-0.2, 0) is 0 Å². The second kappa shape index (κ2) is 6.49. The van der Waals surface area contributed by atoms with Gasteiger partial charge in [-0.3, -0.25) is 0 Å². The van der Waals surface area contributed by atoms with Gasteiger partial charge in [0.1, 0.15) is 0 Å². The van der Waals surface area contributed by atoms with Crippen LogP contribution in [0.15, 0.2) is 18.2 Å². The fraction of sp³-hybridized carbons (Fsp3) is 0.647. The first-order valence-corrected chi connectivity index (χ1v) is 7.99. The van der Waals surface area contributed by atoms with Crippen LogP contribution in [0.4, 0.5) is 0 Å². The number of ether oxygens (including phenoxy) is 2. The van der Waals surface area contributed by atoms with E-state index in [-0.39, 0.29) is 0 Å². The number of rotatable bonds is 6. The van der Waals surface area contributed by atoms with Crippen molar-refractivity contribution in [2.75, 3.05) is 19.8 Å². The third-order valence-corrected chi connectivity index (χ3v) is 4.08. The van der Waals surface area contributed by atoms with Gasteiger partial charge in [-0.2, -0.15) is 0 Å². The van der Waals surface area contributed by atoms with Gasteiger partial charge >= 0.3 is 0 Å². The Kier molecular flexibility index (Phi) is 4.46. The molecule has 0 aromatic heterocycles. The van der Waals surface area contributed by atoms with Crippen molar-refractivity contribution in [3.05, 3.63) is 23.8 Å². The maximum atomic E-state index is 5.81. The molecule has 1 unspecified atom stereocenters. The Morgan fingerprint density at radius 2 is 2.00 bits per heavy atom. The highest BCUT2D eigenvalue weighted by molar-refractivity contribution is 5.44. The van der Waals surface area contributed by atoms with E-state index in [1.807, 2.05) is 0 Å². The Hall–Kier alpha value is -1.22. The van der Waals surface area contributed by atoms with Gasteiger partial charge in [0.2, 0.25) is 0 Å². The van der Waals surface area contributed by atoms with Crippen LogP contribution in [0.1, 0.15) is 50.6 Å². The molecule has 3 nitrogen and oxygen atoms in total. The Balaban J connectivity index is 1.76. The van der Waals surface area contributed by atoms with Crippen LogP contribution in [0.25, 0.3) is 0 Å². The van der Waals surface area contributed by atoms with Crippen molar-refractivity contribution in [1.82, 2.24) is 5.32 Å². The predicted molar refractivity (Wildman–Crippen MR) is 80.4 cm³/mol. The third-order valence-electron chi connectivity index (χ3n) is 4.08. The molecule has 1 aromatic carbocycles. The molecule has 1 N–H and O–H groups in total. The summed E-state index contributed by atoms with van der Waals surface area (Å²) in [6, 6.07) is 6.91. The summed E-state index contributed by atoms with van der Waals surface area (Å²) >= 11 is 0. The van der Waals surface area contributed by atoms with E-state index in [0.29, 0.717) is 6.04 Å². The standard InChI is InChI=1S/C17H25NO2/c1-2-8-18-15(11-13-4-5-13)14-6-7-16-17(12-14)20-10-3-9-19-16/h6-7,12-13,15,18H,2-5,8-11H2,1H3. The molecule has 0 bridgehead atoms. The van der Waals surface area contributed by atoms with Gasteiger partial charge in [-0.25, -0.2) is 0 Å². The highest BCUT2D eigenvalue weighted by atomic mass is 16.5. The molecule has 1 fully saturated rings. The first-order valence-electron chi connectivity index (χ1n) is 7.99. The normalized spacial score (nSPS) is 19.4. The monoisotopic (exact) mass is 275 g/mol. The van der Waals surface area contributed by atoms with Gasteiger partial charge in [-0.1, -0.05) is 25.8 Å². The van der Waals surface area contributed by atoms with Crippen LogP contribution in [0.2, 0.25) is 0 Å². The highest BCUT2D eigenvalue weighted by Crippen LogP contribution is 2.39. The largest absolute Gasteiger partial charge is 0.490 e. The summed E-state index contributed by atoms with van der Waals surface area (Å²) < 4.78 is 11.5. The minimum Gasteiger partial charge on any atom is -0.490 e. The van der Waals surface area contributed by atoms with Crippen molar-refractivity contribution in [2.24, 2.45) is 5.92 Å². The molecular weight excluding hydrogens is 250 g/mol. The van der Waals surface area contributed by atoms with Crippen LogP contribution in [-0.4, -0.2) is 19.8 Å². The zero-order chi connectivity index (χ0) is 13.8. The van der Waals surface area contributed by atoms with Crippen LogP contribution in [0, 0.1) is 5.92 Å². The van der Waals surface area contributed by atoms with E-state index < -0.39 is 0 Å². The first-order chi connectivity index (χ1) is 9.86. The zero-order valence-corrected chi connectivity index (χ0v) is 12.4. The molecule has 20 heavy (non-hydrogen) atoms. The van der Waals surface area contributed by atoms with Crippen molar-refractivity contribution in [2.45, 2.75) is 45.1 Å². The molecule has 0 saturated heterocycles. The van der Waals surface area contributed by atoms with Gasteiger partial charge in [-0.15, -0.1) is 0 Å². The van der Waals surface area contributed by atoms with Gasteiger partial charge in [0, 0.05) is 12.5 Å². The molecular formula is C17H25NO2. The van der Waals surface area contributed by atoms with Gasteiger partial charge < -0.3 is 14.8 Å². The lowest BCUT2D eigenvalue weighted by Gasteiger charge is -2.20. The second-order valence-electron chi connectivity index (χ2n) is 5.94. The van der Waals surface area contributed by atoms with Crippen molar-refractivity contribution < 1.29 is 9.47 Å². The Labute approximate surface area is 121 Å². The summed E-state index contributed by atoms with van der Waals surface area (Å²) in [7, 11) is 0. The maximum Gasteiger partial charge on any atom is 0.161 e. The zero-order valence-electron chi connectivity index (χ0n) is 12.4. The minimum atomic E-state index is 0.458. The average molecular weight is 275 g/mol. The summed E-state index contributed by atoms with van der Waals surface area (Å²) in [4.78, 5) is 0. The smallest absolute Gasteiger partial charge is 0.161 e. The first kappa shape index (κ1) is 13.7. The van der Waals surface area contributed by atoms with Crippen LogP contribution < -0.4 is 14.8 Å². The van der Waals surface area contributed by atoms with Gasteiger partial charge in [0.25, 0.3) is 0 Å². The van der Waals surface area contributed by atoms with Crippen LogP contribution in [0.5, 0.6) is 11.5 Å². The summed E-state index contributed by atoms with van der Waals surface area (Å²) in [6.07, 6.45) is 6.18. The lowest BCUT2D eigenvalue weighted by molar-refractivity contribution is 0.297. The van der Waals surface area contributed by atoms with Gasteiger partial charge in [0.15, 0.2) is 11.5 Å². The lowest BCUT2D eigenvalue weighted by atomic mass is 10.0. The Bertz CT molecular complexity index is 443. The molecule has 1 saturated carbocycles. The number of hydrogen-bond donors (Lipinski definition) is 1. The summed E-state index contributed by atoms with van der Waals surface area (Å²) in [5.74, 6) is 2.73. The molecule has 1 aromatic rings. The van der Waals surface area contributed by atoms with E-state index in [1.54, 1.807) is 0 Å². The molecule has 0 spiro atoms. The number of fused-ring (bicyclic) bond motifs is 1. The minimum absolute atomic E-state index is 0.458. The highest BCUT2D eigenvalue weighted by Gasteiger charge is 2.26. The van der Waals surface area contributed by atoms with E-state index in [2.05, 4.69) is 30.4 Å². The topological polar surface area (TPSA) is 30.5 Å². The molecule has 1 heterocycles. The number of hydrogen-bond acceptors (Lipinski definition) is 3. The molecule has 3 heteroatoms. The number of benzene rings is 1. The summed E-state index contributed by atoms with van der Waals surface area (Å²) in [6.45, 7) is 4.80. The number of nitrogens with one attached hydrogen (secondary N) is 1. The lowest BCUT2D eigenvalue weighted by Crippen LogP contribution is -2.22. The van der Waals surface area contributed by atoms with Crippen molar-refractivity contribution in [1.29, 1.82) is 0 Å². The maximum absolute atomic E-state index is 5.81. The molecule has 1 aliphatic heterocycles. The van der Waals surface area contributed by atoms with Crippen molar-refractivity contribution >= 4 is 0 Å². The van der Waals surface area contributed by atoms with Gasteiger partial charge in [0.05, 0.1) is 13.2 Å². The second-order valence-corrected chi connectivity index (χ2v) is 5.94. The molecule has 1 atom stereocenters. The van der Waals surface area contributed by atoms with Crippen molar-refractivity contribution in [3.63, 3.8) is 0 Å². The molecule has 110 valence electrons. The summed E-state index contributed by atoms with van der Waals surface area (Å²) in [5, 5.41) is 3.68. The predicted octanol–water partition coefficient (Wildman–Crippen LogP) is 3.69. The molecule has 1 aliphatic carbocycles. The third kappa shape index (κ3) is 3.45. The molecule has 2 aliphatic rings. The molecule has 0 radical (unpaired) electrons. The van der Waals surface area contributed by atoms with E-state index in [4.69, 9.17) is 9.47 Å². The Morgan fingerprint density at radius 1 is 1.20 bits per heavy atom. The Morgan fingerprint density at radius 3 is 2.75 bits per heavy atom. The molecule has 0 amide bonds. The quantitative estimate of drug-likeness (QED) is 0.859. The van der Waals surface area contributed by atoms with E-state index in [9.17, 15) is 0 Å². The van der Waals surface area contributed by atoms with Gasteiger partial charge in [-0.05, 0) is 43.0 Å². The SMILES string of the molecule is CCCNC(CC1CC1)c1ccc2c(c1)OCCCO2. The summed E-state index contributed by atoms with van der Waals surface area (Å²) in [5.41, 5.74) is 1.34. The molecule has 3 rings (SSSR count).